The molecule has 0 atom stereocenters. The quantitative estimate of drug-likeness (QED) is 0.0894. The molecule has 19 heteroatoms. The van der Waals surface area contributed by atoms with Gasteiger partial charge in [0.2, 0.25) is 0 Å². The monoisotopic (exact) mass is 1440 g/mol. The molecule has 5 aliphatic rings. The van der Waals surface area contributed by atoms with E-state index in [1.54, 1.807) is 0 Å². The number of para-hydroxylation sites is 1. The van der Waals surface area contributed by atoms with Crippen LogP contribution in [0, 0.1) is 83.1 Å². The van der Waals surface area contributed by atoms with Crippen molar-refractivity contribution >= 4 is 55.0 Å². The summed E-state index contributed by atoms with van der Waals surface area (Å²) in [7, 11) is 0. The summed E-state index contributed by atoms with van der Waals surface area (Å²) in [5.41, 5.74) is 35.8. The van der Waals surface area contributed by atoms with Gasteiger partial charge in [-0.05, 0) is 284 Å². The fourth-order valence-electron chi connectivity index (χ4n) is 17.0. The molecule has 0 aliphatic heterocycles. The number of aromatic amines is 4. The molecule has 19 nitrogen and oxygen atoms in total. The number of H-pyrrole nitrogens is 4. The minimum Gasteiger partial charge on any atom is -0.361 e. The van der Waals surface area contributed by atoms with Crippen LogP contribution in [0.25, 0.3) is 128 Å². The zero-order chi connectivity index (χ0) is 74.4. The number of nitrogens with zero attached hydrogens (tertiary/aromatic N) is 11. The zero-order valence-corrected chi connectivity index (χ0v) is 64.0. The van der Waals surface area contributed by atoms with Gasteiger partial charge in [0.15, 0.2) is 0 Å². The maximum Gasteiger partial charge on any atom is 0.141 e. The molecular formula is C90H89N15O4. The van der Waals surface area contributed by atoms with Crippen molar-refractivity contribution in [1.82, 2.24) is 74.2 Å². The third-order valence-electron chi connectivity index (χ3n) is 23.1. The van der Waals surface area contributed by atoms with Crippen molar-refractivity contribution in [2.75, 3.05) is 0 Å². The van der Waals surface area contributed by atoms with E-state index in [1.165, 1.54) is 132 Å². The molecule has 0 radical (unpaired) electrons. The van der Waals surface area contributed by atoms with Crippen molar-refractivity contribution in [3.05, 3.63) is 231 Å². The first-order valence-electron chi connectivity index (χ1n) is 38.8. The van der Waals surface area contributed by atoms with Crippen LogP contribution in [0.2, 0.25) is 0 Å². The van der Waals surface area contributed by atoms with Crippen LogP contribution in [-0.4, -0.2) is 74.2 Å². The molecule has 17 aromatic rings. The third-order valence-corrected chi connectivity index (χ3v) is 23.1. The van der Waals surface area contributed by atoms with Crippen molar-refractivity contribution in [2.24, 2.45) is 0 Å². The average Bonchev–Trinajstić information content (AvgIpc) is 1.63. The van der Waals surface area contributed by atoms with E-state index >= 15 is 0 Å². The number of fused-ring (bicyclic) bond motifs is 6. The number of hydrogen-bond acceptors (Lipinski definition) is 12. The van der Waals surface area contributed by atoms with Gasteiger partial charge in [-0.25, -0.2) is 19.9 Å². The Kier molecular flexibility index (Phi) is 16.5. The first kappa shape index (κ1) is 67.7. The van der Waals surface area contributed by atoms with Crippen LogP contribution < -0.4 is 0 Å². The molecular weight excluding hydrogens is 1360 g/mol. The lowest BCUT2D eigenvalue weighted by Gasteiger charge is -2.17. The molecule has 6 aromatic carbocycles. The molecule has 548 valence electrons. The van der Waals surface area contributed by atoms with Crippen molar-refractivity contribution in [3.8, 4) is 72.7 Å². The fraction of sp³-hybridized carbons (Fsp3) is 0.311. The van der Waals surface area contributed by atoms with E-state index in [9.17, 15) is 0 Å². The second-order valence-electron chi connectivity index (χ2n) is 31.3. The Balaban J connectivity index is 0.0000000988. The normalized spacial score (nSPS) is 14.9. The highest BCUT2D eigenvalue weighted by Crippen LogP contribution is 2.47. The first-order valence-corrected chi connectivity index (χ1v) is 38.8. The summed E-state index contributed by atoms with van der Waals surface area (Å²) in [6.45, 7) is 24.5. The molecule has 22 rings (SSSR count). The molecule has 0 amide bonds. The van der Waals surface area contributed by atoms with Crippen LogP contribution in [0.15, 0.2) is 146 Å². The number of imidazole rings is 4. The lowest BCUT2D eigenvalue weighted by molar-refractivity contribution is 0.393. The molecule has 0 saturated heterocycles. The van der Waals surface area contributed by atoms with Crippen LogP contribution in [-0.2, 0) is 12.8 Å². The highest BCUT2D eigenvalue weighted by atomic mass is 16.5. The minimum absolute atomic E-state index is 0.570. The van der Waals surface area contributed by atoms with Crippen molar-refractivity contribution in [2.45, 2.75) is 184 Å². The summed E-state index contributed by atoms with van der Waals surface area (Å²) in [5.74, 6) is 10.2. The number of hydrogen-bond donors (Lipinski definition) is 4. The van der Waals surface area contributed by atoms with E-state index < -0.39 is 0 Å². The second-order valence-corrected chi connectivity index (χ2v) is 31.3. The van der Waals surface area contributed by atoms with Crippen LogP contribution in [0.1, 0.15) is 191 Å². The summed E-state index contributed by atoms with van der Waals surface area (Å²) < 4.78 is 28.6. The molecule has 4 N–H and O–H groups in total. The second kappa shape index (κ2) is 26.5. The number of aromatic nitrogens is 15. The van der Waals surface area contributed by atoms with Crippen LogP contribution >= 0.6 is 0 Å². The van der Waals surface area contributed by atoms with E-state index in [2.05, 4.69) is 210 Å². The Morgan fingerprint density at radius 1 is 0.358 bits per heavy atom. The predicted octanol–water partition coefficient (Wildman–Crippen LogP) is 22.2. The summed E-state index contributed by atoms with van der Waals surface area (Å²) in [6.07, 6.45) is 19.0. The summed E-state index contributed by atoms with van der Waals surface area (Å²) >= 11 is 0. The summed E-state index contributed by atoms with van der Waals surface area (Å²) in [5, 5.41) is 17.8. The molecule has 0 spiro atoms. The van der Waals surface area contributed by atoms with Crippen molar-refractivity contribution in [1.29, 1.82) is 0 Å². The van der Waals surface area contributed by atoms with Crippen LogP contribution in [0.5, 0.6) is 0 Å². The number of benzene rings is 6. The van der Waals surface area contributed by atoms with E-state index in [1.807, 2.05) is 55.4 Å². The van der Waals surface area contributed by atoms with Crippen LogP contribution in [0.3, 0.4) is 0 Å². The smallest absolute Gasteiger partial charge is 0.141 e. The van der Waals surface area contributed by atoms with Gasteiger partial charge in [0.25, 0.3) is 0 Å². The summed E-state index contributed by atoms with van der Waals surface area (Å²) in [6, 6.07) is 41.4. The molecule has 109 heavy (non-hydrogen) atoms. The topological polar surface area (TPSA) is 234 Å². The van der Waals surface area contributed by atoms with Crippen molar-refractivity contribution < 1.29 is 18.1 Å². The zero-order valence-electron chi connectivity index (χ0n) is 64.0. The van der Waals surface area contributed by atoms with E-state index in [0.717, 1.165) is 176 Å². The van der Waals surface area contributed by atoms with E-state index in [4.69, 9.17) is 38.0 Å². The van der Waals surface area contributed by atoms with Gasteiger partial charge in [-0.1, -0.05) is 57.0 Å². The SMILES string of the molecule is Cc1cccc(C)c1-c1cc(-c2c(C)noc2C)cc2[nH]c(C3CC3)nc12.Cc1noc(C)c1-c1cc(-n2c(C)cc3ccccc32)c2nc(C3CC3)[nH]c2c1.Cc1noc(C)c1-c1cc(-n2ccc3c2CCCC3)c2nc(C3CC3)[nH]c2c1.Cc1noc(C)c1-c1cc(-n2cccc2C)c2nc(C3CC3)[nH]c2c1. The highest BCUT2D eigenvalue weighted by molar-refractivity contribution is 5.99. The van der Waals surface area contributed by atoms with Gasteiger partial charge in [0.05, 0.1) is 72.9 Å². The molecule has 4 saturated carbocycles. The molecule has 0 bridgehead atoms. The van der Waals surface area contributed by atoms with Gasteiger partial charge < -0.3 is 51.7 Å². The molecule has 5 aliphatic carbocycles. The average molecular weight is 1440 g/mol. The number of aryl methyl sites for hydroxylation is 13. The lowest BCUT2D eigenvalue weighted by atomic mass is 9.91. The van der Waals surface area contributed by atoms with Gasteiger partial charge in [0, 0.05) is 86.4 Å². The Bertz CT molecular complexity index is 6320. The maximum absolute atomic E-state index is 5.46. The Morgan fingerprint density at radius 2 is 0.771 bits per heavy atom. The third kappa shape index (κ3) is 12.3. The standard InChI is InChI=1S/C24H22N4O.C23H24N4O.C23H23N3O.C20H20N4O/c1-13-10-17-6-4-5-7-20(17)28(13)21-12-18(22-14(2)27-29-15(22)3)11-19-23(21)26-24(25-19)16-8-9-16;1-13-21(14(2)28-26-13)17-11-18-22(25-23(24-18)16-7-8-16)20(12-17)27-10-9-15-5-3-4-6-19(15)27;1-12-6-5-7-13(2)20(12)18-10-17(21-14(3)26-27-15(21)4)11-19-22(18)25-23(24-19)16-8-9-16;1-11-5-4-8-24(11)17-10-15(18-12(2)23-25-13(18)3)9-16-19(17)22-20(21-16)14-6-7-14/h4-7,10-12,16H,8-9H2,1-3H3,(H,25,26);9-12,16H,3-8H2,1-2H3,(H,24,25);5-7,10-11,16H,8-9H2,1-4H3,(H,24,25);4-5,8-10,14H,6-7H2,1-3H3,(H,21,22). The van der Waals surface area contributed by atoms with Gasteiger partial charge in [-0.3, -0.25) is 0 Å². The van der Waals surface area contributed by atoms with E-state index in [-0.39, 0.29) is 0 Å². The van der Waals surface area contributed by atoms with Crippen LogP contribution in [0.4, 0.5) is 0 Å². The van der Waals surface area contributed by atoms with Gasteiger partial charge >= 0.3 is 0 Å². The summed E-state index contributed by atoms with van der Waals surface area (Å²) in [4.78, 5) is 34.3. The van der Waals surface area contributed by atoms with Gasteiger partial charge in [-0.2, -0.15) is 0 Å². The number of rotatable bonds is 12. The highest BCUT2D eigenvalue weighted by Gasteiger charge is 2.33. The first-order chi connectivity index (χ1) is 52.9. The minimum atomic E-state index is 0.570. The molecule has 11 heterocycles. The number of nitrogens with one attached hydrogen (secondary N) is 4. The Hall–Kier alpha value is -11.9. The van der Waals surface area contributed by atoms with Crippen molar-refractivity contribution in [3.63, 3.8) is 0 Å². The fourth-order valence-corrected chi connectivity index (χ4v) is 17.0. The maximum atomic E-state index is 5.46. The molecule has 11 aromatic heterocycles. The lowest BCUT2D eigenvalue weighted by Crippen LogP contribution is -2.07. The van der Waals surface area contributed by atoms with E-state index in [0.29, 0.717) is 23.7 Å². The Morgan fingerprint density at radius 3 is 1.21 bits per heavy atom. The molecule has 0 unspecified atom stereocenters. The predicted molar refractivity (Wildman–Crippen MR) is 429 cm³/mol. The largest absolute Gasteiger partial charge is 0.361 e. The Labute approximate surface area is 631 Å². The molecule has 4 fully saturated rings. The van der Waals surface area contributed by atoms with Gasteiger partial charge in [-0.15, -0.1) is 0 Å². The van der Waals surface area contributed by atoms with Gasteiger partial charge in [0.1, 0.15) is 62.9 Å².